The number of aromatic amines is 1. The number of H-pyrrole nitrogens is 1. The highest BCUT2D eigenvalue weighted by molar-refractivity contribution is 8.00. The van der Waals surface area contributed by atoms with Gasteiger partial charge in [0.1, 0.15) is 0 Å². The van der Waals surface area contributed by atoms with Gasteiger partial charge in [-0.2, -0.15) is 0 Å². The van der Waals surface area contributed by atoms with Crippen LogP contribution in [0.25, 0.3) is 0 Å². The molecular formula is C16H18ClN3O3S. The number of nitrogens with zero attached hydrogens (tertiary/aromatic N) is 1. The lowest BCUT2D eigenvalue weighted by molar-refractivity contribution is -0.115. The van der Waals surface area contributed by atoms with Crippen LogP contribution in [-0.4, -0.2) is 28.2 Å². The number of hydrogen-bond donors (Lipinski definition) is 2. The zero-order chi connectivity index (χ0) is 17.7. The number of ether oxygens (including phenoxy) is 1. The lowest BCUT2D eigenvalue weighted by atomic mass is 10.2. The number of halogens is 1. The molecule has 0 aliphatic heterocycles. The Morgan fingerprint density at radius 3 is 2.88 bits per heavy atom. The summed E-state index contributed by atoms with van der Waals surface area (Å²) in [6.07, 6.45) is 0. The highest BCUT2D eigenvalue weighted by Crippen LogP contribution is 2.23. The average Bonchev–Trinajstić information content (AvgIpc) is 2.50. The maximum absolute atomic E-state index is 12.3. The Morgan fingerprint density at radius 1 is 1.46 bits per heavy atom. The van der Waals surface area contributed by atoms with Crippen LogP contribution in [0.5, 0.6) is 0 Å². The van der Waals surface area contributed by atoms with Crippen LogP contribution < -0.4 is 10.9 Å². The molecule has 1 atom stereocenters. The second-order valence-corrected chi connectivity index (χ2v) is 6.92. The minimum Gasteiger partial charge on any atom is -0.378 e. The first-order valence-electron chi connectivity index (χ1n) is 7.22. The van der Waals surface area contributed by atoms with Crippen molar-refractivity contribution in [3.05, 3.63) is 50.9 Å². The molecule has 128 valence electrons. The zero-order valence-electron chi connectivity index (χ0n) is 13.6. The van der Waals surface area contributed by atoms with Crippen molar-refractivity contribution in [3.63, 3.8) is 0 Å². The normalized spacial score (nSPS) is 12.0. The summed E-state index contributed by atoms with van der Waals surface area (Å²) >= 11 is 7.22. The van der Waals surface area contributed by atoms with Gasteiger partial charge in [-0.15, -0.1) is 0 Å². The molecule has 0 radical (unpaired) electrons. The average molecular weight is 368 g/mol. The molecule has 1 aromatic carbocycles. The van der Waals surface area contributed by atoms with E-state index in [4.69, 9.17) is 16.3 Å². The van der Waals surface area contributed by atoms with Crippen LogP contribution in [0.15, 0.2) is 34.2 Å². The number of carbonyl (C=O) groups excluding carboxylic acids is 1. The lowest BCUT2D eigenvalue weighted by Crippen LogP contribution is -2.23. The van der Waals surface area contributed by atoms with E-state index < -0.39 is 5.25 Å². The quantitative estimate of drug-likeness (QED) is 0.605. The van der Waals surface area contributed by atoms with E-state index in [0.29, 0.717) is 21.6 Å². The summed E-state index contributed by atoms with van der Waals surface area (Å²) in [6, 6.07) is 6.69. The summed E-state index contributed by atoms with van der Waals surface area (Å²) in [5.41, 5.74) is 1.80. The van der Waals surface area contributed by atoms with Crippen LogP contribution in [0.2, 0.25) is 5.02 Å². The Balaban J connectivity index is 2.05. The molecule has 1 heterocycles. The number of methoxy groups -OCH3 is 1. The van der Waals surface area contributed by atoms with Gasteiger partial charge in [0.25, 0.3) is 5.56 Å². The maximum Gasteiger partial charge on any atom is 0.251 e. The number of hydrogen-bond acceptors (Lipinski definition) is 5. The fourth-order valence-electron chi connectivity index (χ4n) is 1.90. The molecule has 0 fully saturated rings. The van der Waals surface area contributed by atoms with Crippen LogP contribution in [-0.2, 0) is 16.1 Å². The summed E-state index contributed by atoms with van der Waals surface area (Å²) in [5.74, 6) is -0.209. The number of anilines is 1. The van der Waals surface area contributed by atoms with E-state index in [9.17, 15) is 9.59 Å². The van der Waals surface area contributed by atoms with Crippen molar-refractivity contribution in [1.29, 1.82) is 0 Å². The number of aryl methyl sites for hydroxylation is 1. The highest BCUT2D eigenvalue weighted by atomic mass is 35.5. The Morgan fingerprint density at radius 2 is 2.21 bits per heavy atom. The van der Waals surface area contributed by atoms with Crippen LogP contribution in [0.4, 0.5) is 5.69 Å². The van der Waals surface area contributed by atoms with Gasteiger partial charge < -0.3 is 15.0 Å². The van der Waals surface area contributed by atoms with Gasteiger partial charge in [-0.05, 0) is 31.5 Å². The Hall–Kier alpha value is -1.83. The van der Waals surface area contributed by atoms with E-state index >= 15 is 0 Å². The molecule has 2 aromatic rings. The number of amides is 1. The van der Waals surface area contributed by atoms with E-state index in [0.717, 1.165) is 5.56 Å². The first-order valence-corrected chi connectivity index (χ1v) is 8.47. The van der Waals surface area contributed by atoms with Crippen LogP contribution >= 0.6 is 23.4 Å². The Labute approximate surface area is 149 Å². The molecule has 1 unspecified atom stereocenters. The molecule has 8 heteroatoms. The standard InChI is InChI=1S/C16H18ClN3O3S/c1-9-4-5-11(6-13(9)17)18-15(22)10(2)24-16-19-12(8-23-3)7-14(21)20-16/h4-7,10H,8H2,1-3H3,(H,18,22)(H,19,20,21). The molecule has 1 amide bonds. The van der Waals surface area contributed by atoms with Crippen molar-refractivity contribution in [1.82, 2.24) is 9.97 Å². The molecule has 0 aliphatic rings. The Kier molecular flexibility index (Phi) is 6.42. The van der Waals surface area contributed by atoms with Crippen LogP contribution in [0.3, 0.4) is 0 Å². The van der Waals surface area contributed by atoms with Crippen molar-refractivity contribution in [2.75, 3.05) is 12.4 Å². The fraction of sp³-hybridized carbons (Fsp3) is 0.312. The van der Waals surface area contributed by atoms with Crippen molar-refractivity contribution in [3.8, 4) is 0 Å². The largest absolute Gasteiger partial charge is 0.378 e. The first kappa shape index (κ1) is 18.5. The molecule has 1 aromatic heterocycles. The summed E-state index contributed by atoms with van der Waals surface area (Å²) < 4.78 is 4.97. The van der Waals surface area contributed by atoms with E-state index in [-0.39, 0.29) is 18.1 Å². The molecule has 0 saturated carbocycles. The Bertz CT molecular complexity index is 794. The number of thioether (sulfide) groups is 1. The zero-order valence-corrected chi connectivity index (χ0v) is 15.1. The third kappa shape index (κ3) is 5.09. The summed E-state index contributed by atoms with van der Waals surface area (Å²) in [5, 5.41) is 3.31. The highest BCUT2D eigenvalue weighted by Gasteiger charge is 2.17. The van der Waals surface area contributed by atoms with Gasteiger partial charge in [-0.3, -0.25) is 9.59 Å². The predicted octanol–water partition coefficient (Wildman–Crippen LogP) is 3.00. The van der Waals surface area contributed by atoms with E-state index in [1.165, 1.54) is 24.9 Å². The molecule has 6 nitrogen and oxygen atoms in total. The topological polar surface area (TPSA) is 84.1 Å². The van der Waals surface area contributed by atoms with Gasteiger partial charge in [-0.1, -0.05) is 29.4 Å². The van der Waals surface area contributed by atoms with E-state index in [2.05, 4.69) is 15.3 Å². The molecule has 0 saturated heterocycles. The van der Waals surface area contributed by atoms with Gasteiger partial charge in [0.15, 0.2) is 5.16 Å². The van der Waals surface area contributed by atoms with Gasteiger partial charge in [0, 0.05) is 23.9 Å². The second kappa shape index (κ2) is 8.32. The van der Waals surface area contributed by atoms with Gasteiger partial charge in [0.05, 0.1) is 17.6 Å². The van der Waals surface area contributed by atoms with E-state index in [1.807, 2.05) is 13.0 Å². The third-order valence-electron chi connectivity index (χ3n) is 3.16. The smallest absolute Gasteiger partial charge is 0.251 e. The molecule has 0 spiro atoms. The number of rotatable bonds is 6. The van der Waals surface area contributed by atoms with Gasteiger partial charge in [0.2, 0.25) is 5.91 Å². The van der Waals surface area contributed by atoms with Crippen LogP contribution in [0, 0.1) is 6.92 Å². The molecule has 0 aliphatic carbocycles. The summed E-state index contributed by atoms with van der Waals surface area (Å²) in [7, 11) is 1.53. The molecular weight excluding hydrogens is 350 g/mol. The van der Waals surface area contributed by atoms with Gasteiger partial charge in [-0.25, -0.2) is 4.98 Å². The van der Waals surface area contributed by atoms with E-state index in [1.54, 1.807) is 19.1 Å². The molecule has 0 bridgehead atoms. The monoisotopic (exact) mass is 367 g/mol. The SMILES string of the molecule is COCc1cc(=O)[nH]c(SC(C)C(=O)Nc2ccc(C)c(Cl)c2)n1. The minimum atomic E-state index is -0.453. The lowest BCUT2D eigenvalue weighted by Gasteiger charge is -2.12. The minimum absolute atomic E-state index is 0.209. The van der Waals surface area contributed by atoms with Crippen molar-refractivity contribution in [2.24, 2.45) is 0 Å². The van der Waals surface area contributed by atoms with Crippen LogP contribution in [0.1, 0.15) is 18.2 Å². The summed E-state index contributed by atoms with van der Waals surface area (Å²) in [6.45, 7) is 3.86. The molecule has 24 heavy (non-hydrogen) atoms. The van der Waals surface area contributed by atoms with Crippen molar-refractivity contribution in [2.45, 2.75) is 30.9 Å². The number of carbonyl (C=O) groups is 1. The molecule has 2 N–H and O–H groups in total. The van der Waals surface area contributed by atoms with Gasteiger partial charge >= 0.3 is 0 Å². The molecule has 2 rings (SSSR count). The first-order chi connectivity index (χ1) is 11.4. The number of nitrogens with one attached hydrogen (secondary N) is 2. The third-order valence-corrected chi connectivity index (χ3v) is 4.55. The second-order valence-electron chi connectivity index (χ2n) is 5.19. The number of benzene rings is 1. The van der Waals surface area contributed by atoms with Crippen molar-refractivity contribution < 1.29 is 9.53 Å². The predicted molar refractivity (Wildman–Crippen MR) is 95.7 cm³/mol. The summed E-state index contributed by atoms with van der Waals surface area (Å²) in [4.78, 5) is 30.8. The fourth-order valence-corrected chi connectivity index (χ4v) is 2.91. The van der Waals surface area contributed by atoms with Crippen molar-refractivity contribution >= 4 is 35.0 Å². The maximum atomic E-state index is 12.3. The number of aromatic nitrogens is 2.